The fourth-order valence-electron chi connectivity index (χ4n) is 1.60. The molecule has 1 aromatic heterocycles. The summed E-state index contributed by atoms with van der Waals surface area (Å²) in [7, 11) is 0. The summed E-state index contributed by atoms with van der Waals surface area (Å²) in [6, 6.07) is 4.73. The molecule has 0 aliphatic heterocycles. The highest BCUT2D eigenvalue weighted by Gasteiger charge is 2.14. The molecule has 2 aromatic rings. The number of hydrogen-bond acceptors (Lipinski definition) is 3. The topological polar surface area (TPSA) is 69.9 Å². The molecule has 0 unspecified atom stereocenters. The molecule has 0 spiro atoms. The van der Waals surface area contributed by atoms with E-state index >= 15 is 0 Å². The lowest BCUT2D eigenvalue weighted by Crippen LogP contribution is -2.14. The Hall–Kier alpha value is -1.56. The molecule has 1 aromatic carbocycles. The molecule has 4 nitrogen and oxygen atoms in total. The van der Waals surface area contributed by atoms with Crippen molar-refractivity contribution in [3.63, 3.8) is 0 Å². The summed E-state index contributed by atoms with van der Waals surface area (Å²) in [5, 5.41) is 0. The Labute approximate surface area is 107 Å². The molecular weight excluding hydrogens is 287 g/mol. The number of nitrogens with zero attached hydrogens (tertiary/aromatic N) is 2. The van der Waals surface area contributed by atoms with Gasteiger partial charge in [0.25, 0.3) is 0 Å². The van der Waals surface area contributed by atoms with E-state index in [1.54, 1.807) is 12.1 Å². The van der Waals surface area contributed by atoms with Crippen molar-refractivity contribution in [1.82, 2.24) is 9.66 Å². The third kappa shape index (κ3) is 2.00. The molecule has 0 aliphatic rings. The lowest BCUT2D eigenvalue weighted by Gasteiger charge is -2.01. The average Bonchev–Trinajstić information content (AvgIpc) is 2.60. The summed E-state index contributed by atoms with van der Waals surface area (Å²) in [5.74, 6) is 6.39. The second-order valence-electron chi connectivity index (χ2n) is 3.61. The number of aromatic nitrogens is 2. The van der Waals surface area contributed by atoms with E-state index in [1.807, 2.05) is 6.92 Å². The van der Waals surface area contributed by atoms with E-state index in [-0.39, 0.29) is 5.82 Å². The Morgan fingerprint density at radius 2 is 2.18 bits per heavy atom. The Bertz CT molecular complexity index is 565. The quantitative estimate of drug-likeness (QED) is 0.836. The number of nitrogens with two attached hydrogens (primary N) is 2. The molecule has 0 fully saturated rings. The molecule has 1 heterocycles. The van der Waals surface area contributed by atoms with E-state index in [0.29, 0.717) is 33.8 Å². The van der Waals surface area contributed by atoms with Crippen LogP contribution in [0.4, 0.5) is 10.2 Å². The van der Waals surface area contributed by atoms with Crippen LogP contribution in [0.5, 0.6) is 0 Å². The number of rotatable bonds is 2. The number of anilines is 1. The van der Waals surface area contributed by atoms with Crippen LogP contribution in [0, 0.1) is 5.82 Å². The maximum absolute atomic E-state index is 13.4. The zero-order valence-electron chi connectivity index (χ0n) is 9.24. The van der Waals surface area contributed by atoms with Crippen LogP contribution in [0.1, 0.15) is 12.7 Å². The SMILES string of the molecule is CCc1nc(-c2ccc(Br)c(F)c2)c(N)n1N. The minimum atomic E-state index is -0.355. The van der Waals surface area contributed by atoms with Crippen LogP contribution in [0.3, 0.4) is 0 Å². The van der Waals surface area contributed by atoms with Crippen LogP contribution >= 0.6 is 15.9 Å². The van der Waals surface area contributed by atoms with Gasteiger partial charge in [0.2, 0.25) is 0 Å². The Balaban J connectivity index is 2.56. The molecule has 0 saturated carbocycles. The molecule has 0 aliphatic carbocycles. The van der Waals surface area contributed by atoms with Crippen LogP contribution in [-0.4, -0.2) is 9.66 Å². The molecule has 0 amide bonds. The van der Waals surface area contributed by atoms with Crippen molar-refractivity contribution in [1.29, 1.82) is 0 Å². The number of hydrogen-bond donors (Lipinski definition) is 2. The van der Waals surface area contributed by atoms with Crippen LogP contribution in [0.2, 0.25) is 0 Å². The fraction of sp³-hybridized carbons (Fsp3) is 0.182. The number of imidazole rings is 1. The van der Waals surface area contributed by atoms with Gasteiger partial charge in [-0.3, -0.25) is 0 Å². The van der Waals surface area contributed by atoms with Gasteiger partial charge in [0, 0.05) is 12.0 Å². The van der Waals surface area contributed by atoms with Gasteiger partial charge in [-0.15, -0.1) is 0 Å². The third-order valence-corrected chi connectivity index (χ3v) is 3.17. The molecule has 17 heavy (non-hydrogen) atoms. The molecule has 0 bridgehead atoms. The van der Waals surface area contributed by atoms with Gasteiger partial charge in [-0.1, -0.05) is 13.0 Å². The van der Waals surface area contributed by atoms with E-state index in [0.717, 1.165) is 0 Å². The smallest absolute Gasteiger partial charge is 0.150 e. The first-order valence-electron chi connectivity index (χ1n) is 5.12. The summed E-state index contributed by atoms with van der Waals surface area (Å²) in [5.41, 5.74) is 6.96. The van der Waals surface area contributed by atoms with Crippen LogP contribution in [0.15, 0.2) is 22.7 Å². The molecule has 6 heteroatoms. The first kappa shape index (κ1) is 11.9. The van der Waals surface area contributed by atoms with Crippen molar-refractivity contribution in [3.8, 4) is 11.3 Å². The van der Waals surface area contributed by atoms with Crippen LogP contribution in [0.25, 0.3) is 11.3 Å². The van der Waals surface area contributed by atoms with Gasteiger partial charge in [0.15, 0.2) is 5.82 Å². The van der Waals surface area contributed by atoms with Gasteiger partial charge in [-0.25, -0.2) is 14.1 Å². The standard InChI is InChI=1S/C11H12BrFN4/c1-2-9-16-10(11(14)17(9)15)6-3-4-7(12)8(13)5-6/h3-5H,2,14-15H2,1H3. The van der Waals surface area contributed by atoms with Crippen molar-refractivity contribution in [2.24, 2.45) is 0 Å². The average molecular weight is 299 g/mol. The molecule has 4 N–H and O–H groups in total. The predicted octanol–water partition coefficient (Wildman–Crippen LogP) is 2.31. The first-order valence-corrected chi connectivity index (χ1v) is 5.91. The minimum Gasteiger partial charge on any atom is -0.382 e. The lowest BCUT2D eigenvalue weighted by atomic mass is 10.1. The third-order valence-electron chi connectivity index (χ3n) is 2.53. The largest absolute Gasteiger partial charge is 0.382 e. The zero-order valence-corrected chi connectivity index (χ0v) is 10.8. The molecular formula is C11H12BrFN4. The molecule has 0 atom stereocenters. The van der Waals surface area contributed by atoms with Gasteiger partial charge < -0.3 is 11.6 Å². The van der Waals surface area contributed by atoms with Gasteiger partial charge in [0.1, 0.15) is 17.3 Å². The Morgan fingerprint density at radius 3 is 2.71 bits per heavy atom. The summed E-state index contributed by atoms with van der Waals surface area (Å²) >= 11 is 3.10. The molecule has 90 valence electrons. The maximum atomic E-state index is 13.4. The molecule has 0 saturated heterocycles. The predicted molar refractivity (Wildman–Crippen MR) is 69.3 cm³/mol. The Morgan fingerprint density at radius 1 is 1.47 bits per heavy atom. The highest BCUT2D eigenvalue weighted by Crippen LogP contribution is 2.28. The number of halogens is 2. The first-order chi connectivity index (χ1) is 8.04. The summed E-state index contributed by atoms with van der Waals surface area (Å²) < 4.78 is 15.2. The number of nitrogen functional groups attached to an aromatic ring is 2. The second kappa shape index (κ2) is 4.37. The van der Waals surface area contributed by atoms with Gasteiger partial charge in [-0.05, 0) is 28.1 Å². The van der Waals surface area contributed by atoms with Gasteiger partial charge in [0.05, 0.1) is 4.47 Å². The normalized spacial score (nSPS) is 10.8. The highest BCUT2D eigenvalue weighted by atomic mass is 79.9. The van der Waals surface area contributed by atoms with E-state index in [1.165, 1.54) is 10.7 Å². The Kier molecular flexibility index (Phi) is 3.06. The monoisotopic (exact) mass is 298 g/mol. The summed E-state index contributed by atoms with van der Waals surface area (Å²) in [6.07, 6.45) is 0.666. The molecule has 2 rings (SSSR count). The summed E-state index contributed by atoms with van der Waals surface area (Å²) in [4.78, 5) is 4.30. The van der Waals surface area contributed by atoms with Crippen molar-refractivity contribution in [3.05, 3.63) is 34.3 Å². The second-order valence-corrected chi connectivity index (χ2v) is 4.47. The minimum absolute atomic E-state index is 0.337. The van der Waals surface area contributed by atoms with E-state index in [4.69, 9.17) is 11.6 Å². The van der Waals surface area contributed by atoms with Crippen LogP contribution < -0.4 is 11.6 Å². The highest BCUT2D eigenvalue weighted by molar-refractivity contribution is 9.10. The summed E-state index contributed by atoms with van der Waals surface area (Å²) in [6.45, 7) is 1.93. The van der Waals surface area contributed by atoms with Crippen LogP contribution in [-0.2, 0) is 6.42 Å². The lowest BCUT2D eigenvalue weighted by molar-refractivity contribution is 0.621. The van der Waals surface area contributed by atoms with Gasteiger partial charge >= 0.3 is 0 Å². The van der Waals surface area contributed by atoms with Crippen molar-refractivity contribution >= 4 is 21.7 Å². The number of aryl methyl sites for hydroxylation is 1. The molecule has 0 radical (unpaired) electrons. The van der Waals surface area contributed by atoms with Gasteiger partial charge in [-0.2, -0.15) is 0 Å². The van der Waals surface area contributed by atoms with E-state index < -0.39 is 0 Å². The van der Waals surface area contributed by atoms with Crippen molar-refractivity contribution < 1.29 is 4.39 Å². The van der Waals surface area contributed by atoms with E-state index in [9.17, 15) is 4.39 Å². The van der Waals surface area contributed by atoms with E-state index in [2.05, 4.69) is 20.9 Å². The van der Waals surface area contributed by atoms with Crippen molar-refractivity contribution in [2.45, 2.75) is 13.3 Å². The fourth-order valence-corrected chi connectivity index (χ4v) is 1.85. The maximum Gasteiger partial charge on any atom is 0.150 e. The number of benzene rings is 1. The van der Waals surface area contributed by atoms with Crippen molar-refractivity contribution in [2.75, 3.05) is 11.6 Å². The zero-order chi connectivity index (χ0) is 12.6.